The minimum Gasteiger partial charge on any atom is -0.390 e. The maximum Gasteiger partial charge on any atom is 0.0888 e. The number of ether oxygens (including phenoxy) is 1. The zero-order valence-corrected chi connectivity index (χ0v) is 23.2. The molecule has 0 aromatic heterocycles. The van der Waals surface area contributed by atoms with Gasteiger partial charge in [-0.15, -0.1) is 0 Å². The molecule has 0 unspecified atom stereocenters. The van der Waals surface area contributed by atoms with Crippen molar-refractivity contribution in [3.05, 3.63) is 11.6 Å². The van der Waals surface area contributed by atoms with E-state index in [-0.39, 0.29) is 22.9 Å². The van der Waals surface area contributed by atoms with Crippen LogP contribution in [0.1, 0.15) is 113 Å². The van der Waals surface area contributed by atoms with Crippen molar-refractivity contribution in [1.29, 1.82) is 0 Å². The highest BCUT2D eigenvalue weighted by Gasteiger charge is 2.57. The molecule has 0 spiro atoms. The standard InChI is InChI=1S/C30H52O4/c1-19-9-10-22-21(13-17-29(22,7)32)26(2,3)20(19)11-12-23-28(6)16-14-24(31)27(4,5)34-25(28)15-18-30(23,8)33/h9,20-25,31-33H,10-18H2,1-8H3/t20-,21+,22+,23+,24+,25-,28+,29+,30-/m1/s1. The third-order valence-electron chi connectivity index (χ3n) is 11.5. The molecule has 0 amide bonds. The van der Waals surface area contributed by atoms with Crippen LogP contribution in [0.25, 0.3) is 0 Å². The minimum atomic E-state index is -0.722. The van der Waals surface area contributed by atoms with E-state index in [1.165, 1.54) is 5.57 Å². The predicted molar refractivity (Wildman–Crippen MR) is 137 cm³/mol. The Morgan fingerprint density at radius 3 is 2.18 bits per heavy atom. The average Bonchev–Trinajstić information content (AvgIpc) is 2.93. The van der Waals surface area contributed by atoms with Gasteiger partial charge in [0.2, 0.25) is 0 Å². The Labute approximate surface area is 208 Å². The molecule has 34 heavy (non-hydrogen) atoms. The van der Waals surface area contributed by atoms with Gasteiger partial charge in [-0.1, -0.05) is 32.4 Å². The Kier molecular flexibility index (Phi) is 6.71. The molecule has 4 nitrogen and oxygen atoms in total. The predicted octanol–water partition coefficient (Wildman–Crippen LogP) is 6.02. The molecule has 4 heteroatoms. The summed E-state index contributed by atoms with van der Waals surface area (Å²) in [5.74, 6) is 1.44. The summed E-state index contributed by atoms with van der Waals surface area (Å²) in [5, 5.41) is 33.5. The van der Waals surface area contributed by atoms with Gasteiger partial charge in [0.1, 0.15) is 0 Å². The summed E-state index contributed by atoms with van der Waals surface area (Å²) >= 11 is 0. The Morgan fingerprint density at radius 1 is 0.853 bits per heavy atom. The number of aliphatic hydroxyl groups excluding tert-OH is 1. The largest absolute Gasteiger partial charge is 0.390 e. The van der Waals surface area contributed by atoms with Gasteiger partial charge in [0, 0.05) is 0 Å². The van der Waals surface area contributed by atoms with E-state index in [1.807, 2.05) is 27.7 Å². The van der Waals surface area contributed by atoms with Gasteiger partial charge in [-0.2, -0.15) is 0 Å². The lowest BCUT2D eigenvalue weighted by Crippen LogP contribution is -2.56. The highest BCUT2D eigenvalue weighted by atomic mass is 16.5. The maximum absolute atomic E-state index is 11.7. The lowest BCUT2D eigenvalue weighted by molar-refractivity contribution is -0.206. The van der Waals surface area contributed by atoms with Crippen LogP contribution in [0.4, 0.5) is 0 Å². The second-order valence-electron chi connectivity index (χ2n) is 14.5. The van der Waals surface area contributed by atoms with Crippen LogP contribution in [0.2, 0.25) is 0 Å². The molecule has 2 saturated carbocycles. The highest BCUT2D eigenvalue weighted by Crippen LogP contribution is 2.59. The van der Waals surface area contributed by atoms with Crippen molar-refractivity contribution in [3.63, 3.8) is 0 Å². The lowest BCUT2D eigenvalue weighted by Gasteiger charge is -2.54. The van der Waals surface area contributed by atoms with E-state index >= 15 is 0 Å². The number of aliphatic hydroxyl groups is 3. The third-order valence-corrected chi connectivity index (χ3v) is 11.5. The van der Waals surface area contributed by atoms with E-state index in [0.29, 0.717) is 17.8 Å². The Balaban J connectivity index is 1.59. The van der Waals surface area contributed by atoms with E-state index in [4.69, 9.17) is 4.74 Å². The average molecular weight is 477 g/mol. The zero-order chi connectivity index (χ0) is 25.3. The van der Waals surface area contributed by atoms with Gasteiger partial charge in [0.05, 0.1) is 29.0 Å². The molecule has 0 radical (unpaired) electrons. The van der Waals surface area contributed by atoms with Gasteiger partial charge in [0.15, 0.2) is 0 Å². The number of allylic oxidation sites excluding steroid dienone is 2. The Hall–Kier alpha value is -0.420. The van der Waals surface area contributed by atoms with E-state index in [2.05, 4.69) is 33.8 Å². The number of hydrogen-bond acceptors (Lipinski definition) is 4. The molecule has 0 aromatic carbocycles. The summed E-state index contributed by atoms with van der Waals surface area (Å²) < 4.78 is 6.59. The smallest absolute Gasteiger partial charge is 0.0888 e. The van der Waals surface area contributed by atoms with Gasteiger partial charge < -0.3 is 20.1 Å². The van der Waals surface area contributed by atoms with Crippen molar-refractivity contribution in [2.45, 2.75) is 142 Å². The molecule has 1 aliphatic heterocycles. The molecule has 3 fully saturated rings. The van der Waals surface area contributed by atoms with E-state index < -0.39 is 22.9 Å². The Bertz CT molecular complexity index is 794. The lowest BCUT2D eigenvalue weighted by atomic mass is 9.55. The first-order chi connectivity index (χ1) is 15.5. The van der Waals surface area contributed by atoms with Crippen LogP contribution in [-0.2, 0) is 4.74 Å². The van der Waals surface area contributed by atoms with Crippen LogP contribution in [0, 0.1) is 34.5 Å². The van der Waals surface area contributed by atoms with E-state index in [0.717, 1.165) is 57.8 Å². The topological polar surface area (TPSA) is 69.9 Å². The number of fused-ring (bicyclic) bond motifs is 2. The number of hydrogen-bond donors (Lipinski definition) is 3. The molecule has 9 atom stereocenters. The molecule has 0 bridgehead atoms. The van der Waals surface area contributed by atoms with Gasteiger partial charge >= 0.3 is 0 Å². The summed E-state index contributed by atoms with van der Waals surface area (Å²) in [6, 6.07) is 0. The fourth-order valence-electron chi connectivity index (χ4n) is 9.08. The van der Waals surface area contributed by atoms with Gasteiger partial charge in [0.25, 0.3) is 0 Å². The van der Waals surface area contributed by atoms with Crippen molar-refractivity contribution in [2.24, 2.45) is 34.5 Å². The van der Waals surface area contributed by atoms with Gasteiger partial charge in [-0.05, 0) is 127 Å². The second-order valence-corrected chi connectivity index (χ2v) is 14.5. The summed E-state index contributed by atoms with van der Waals surface area (Å²) in [6.07, 6.45) is 10.2. The second kappa shape index (κ2) is 8.57. The number of rotatable bonds is 3. The van der Waals surface area contributed by atoms with Crippen molar-refractivity contribution in [1.82, 2.24) is 0 Å². The third kappa shape index (κ3) is 4.33. The summed E-state index contributed by atoms with van der Waals surface area (Å²) in [7, 11) is 0. The molecule has 1 saturated heterocycles. The van der Waals surface area contributed by atoms with Crippen molar-refractivity contribution < 1.29 is 20.1 Å². The molecule has 4 aliphatic rings. The summed E-state index contributed by atoms with van der Waals surface area (Å²) in [6.45, 7) is 17.6. The molecular formula is C30H52O4. The fraction of sp³-hybridized carbons (Fsp3) is 0.933. The molecule has 0 aromatic rings. The van der Waals surface area contributed by atoms with Crippen LogP contribution < -0.4 is 0 Å². The van der Waals surface area contributed by atoms with Crippen LogP contribution in [-0.4, -0.2) is 44.3 Å². The SMILES string of the molecule is CC1=CC[C@H]2[C@H](CC[C@]2(C)O)C(C)(C)[C@@H]1CC[C@H]1[C@]2(C)CC[C@H](O)C(C)(C)O[C@@H]2CC[C@@]1(C)O. The summed E-state index contributed by atoms with van der Waals surface area (Å²) in [5.41, 5.74) is -0.412. The first-order valence-corrected chi connectivity index (χ1v) is 14.0. The molecule has 196 valence electrons. The molecule has 3 aliphatic carbocycles. The highest BCUT2D eigenvalue weighted by molar-refractivity contribution is 5.17. The van der Waals surface area contributed by atoms with E-state index in [9.17, 15) is 15.3 Å². The molecular weight excluding hydrogens is 424 g/mol. The maximum atomic E-state index is 11.7. The molecule has 4 rings (SSSR count). The Morgan fingerprint density at radius 2 is 1.50 bits per heavy atom. The van der Waals surface area contributed by atoms with Crippen molar-refractivity contribution >= 4 is 0 Å². The van der Waals surface area contributed by atoms with Crippen molar-refractivity contribution in [2.75, 3.05) is 0 Å². The fourth-order valence-corrected chi connectivity index (χ4v) is 9.08. The van der Waals surface area contributed by atoms with Crippen LogP contribution >= 0.6 is 0 Å². The first kappa shape index (κ1) is 26.6. The van der Waals surface area contributed by atoms with Gasteiger partial charge in [-0.25, -0.2) is 0 Å². The van der Waals surface area contributed by atoms with Crippen LogP contribution in [0.5, 0.6) is 0 Å². The minimum absolute atomic E-state index is 0.0676. The zero-order valence-electron chi connectivity index (χ0n) is 23.2. The van der Waals surface area contributed by atoms with Crippen LogP contribution in [0.3, 0.4) is 0 Å². The van der Waals surface area contributed by atoms with Crippen molar-refractivity contribution in [3.8, 4) is 0 Å². The van der Waals surface area contributed by atoms with E-state index in [1.54, 1.807) is 0 Å². The molecule has 3 N–H and O–H groups in total. The van der Waals surface area contributed by atoms with Crippen LogP contribution in [0.15, 0.2) is 11.6 Å². The molecule has 1 heterocycles. The normalized spacial score (nSPS) is 50.5. The summed E-state index contributed by atoms with van der Waals surface area (Å²) in [4.78, 5) is 0. The quantitative estimate of drug-likeness (QED) is 0.436. The van der Waals surface area contributed by atoms with Gasteiger partial charge in [-0.3, -0.25) is 0 Å². The first-order valence-electron chi connectivity index (χ1n) is 14.0. The monoisotopic (exact) mass is 476 g/mol.